The number of benzene rings is 2. The first-order valence-corrected chi connectivity index (χ1v) is 7.12. The highest BCUT2D eigenvalue weighted by Gasteiger charge is 2.37. The first-order valence-electron chi connectivity index (χ1n) is 7.12. The lowest BCUT2D eigenvalue weighted by Gasteiger charge is -2.37. The topological polar surface area (TPSA) is 58.9 Å². The lowest BCUT2D eigenvalue weighted by Crippen LogP contribution is -2.44. The van der Waals surface area contributed by atoms with Crippen LogP contribution < -0.4 is 0 Å². The molecule has 0 saturated carbocycles. The van der Waals surface area contributed by atoms with Gasteiger partial charge in [0.25, 0.3) is 0 Å². The second kappa shape index (κ2) is 5.73. The van der Waals surface area contributed by atoms with E-state index in [1.165, 1.54) is 5.56 Å². The molecule has 1 saturated heterocycles. The van der Waals surface area contributed by atoms with E-state index in [2.05, 4.69) is 31.2 Å². The van der Waals surface area contributed by atoms with Crippen LogP contribution in [0.15, 0.2) is 36.4 Å². The fourth-order valence-corrected chi connectivity index (χ4v) is 2.64. The van der Waals surface area contributed by atoms with Gasteiger partial charge in [0.05, 0.1) is 31.8 Å². The average molecular weight is 288 g/mol. The van der Waals surface area contributed by atoms with E-state index in [9.17, 15) is 10.2 Å². The minimum Gasteiger partial charge on any atom is -0.396 e. The number of aryl methyl sites for hydroxylation is 1. The minimum atomic E-state index is -0.697. The maximum Gasteiger partial charge on any atom is 0.184 e. The Morgan fingerprint density at radius 2 is 1.81 bits per heavy atom. The predicted octanol–water partition coefficient (Wildman–Crippen LogP) is 2.16. The maximum atomic E-state index is 9.38. The average Bonchev–Trinajstić information content (AvgIpc) is 2.54. The molecule has 1 aliphatic heterocycles. The van der Waals surface area contributed by atoms with Crippen molar-refractivity contribution in [3.63, 3.8) is 0 Å². The maximum absolute atomic E-state index is 9.38. The van der Waals surface area contributed by atoms with Gasteiger partial charge in [0.1, 0.15) is 0 Å². The third-order valence-electron chi connectivity index (χ3n) is 4.08. The van der Waals surface area contributed by atoms with Crippen LogP contribution in [0.3, 0.4) is 0 Å². The van der Waals surface area contributed by atoms with Crippen LogP contribution in [0.1, 0.15) is 17.4 Å². The molecule has 0 aromatic heterocycles. The Bertz CT molecular complexity index is 624. The molecule has 0 spiro atoms. The molecule has 0 unspecified atom stereocenters. The van der Waals surface area contributed by atoms with Crippen LogP contribution >= 0.6 is 0 Å². The Hall–Kier alpha value is -1.46. The molecule has 21 heavy (non-hydrogen) atoms. The number of fused-ring (bicyclic) bond motifs is 1. The van der Waals surface area contributed by atoms with Crippen LogP contribution in [-0.2, 0) is 9.47 Å². The highest BCUT2D eigenvalue weighted by Crippen LogP contribution is 2.34. The summed E-state index contributed by atoms with van der Waals surface area (Å²) in [6.45, 7) is 2.34. The second-order valence-corrected chi connectivity index (χ2v) is 5.84. The van der Waals surface area contributed by atoms with Gasteiger partial charge < -0.3 is 19.7 Å². The first-order chi connectivity index (χ1) is 10.2. The molecule has 112 valence electrons. The molecular weight excluding hydrogens is 268 g/mol. The molecule has 0 amide bonds. The van der Waals surface area contributed by atoms with Crippen LogP contribution in [0.5, 0.6) is 0 Å². The minimum absolute atomic E-state index is 0.148. The molecule has 0 aliphatic carbocycles. The number of hydrogen-bond acceptors (Lipinski definition) is 4. The standard InChI is InChI=1S/C17H20O4/c1-12-5-6-14-13(7-12)3-2-4-15(14)16-20-10-17(8-18,9-19)11-21-16/h2-7,16,18-19H,8-11H2,1H3. The van der Waals surface area contributed by atoms with Crippen LogP contribution in [0, 0.1) is 12.3 Å². The number of aliphatic hydroxyl groups excluding tert-OH is 2. The fourth-order valence-electron chi connectivity index (χ4n) is 2.64. The van der Waals surface area contributed by atoms with E-state index in [-0.39, 0.29) is 26.4 Å². The molecule has 4 nitrogen and oxygen atoms in total. The van der Waals surface area contributed by atoms with Gasteiger partial charge in [-0.2, -0.15) is 0 Å². The van der Waals surface area contributed by atoms with E-state index >= 15 is 0 Å². The molecule has 0 radical (unpaired) electrons. The van der Waals surface area contributed by atoms with Crippen LogP contribution in [0.4, 0.5) is 0 Å². The largest absolute Gasteiger partial charge is 0.396 e. The molecule has 0 bridgehead atoms. The van der Waals surface area contributed by atoms with Crippen LogP contribution in [0.25, 0.3) is 10.8 Å². The monoisotopic (exact) mass is 288 g/mol. The zero-order chi connectivity index (χ0) is 14.9. The quantitative estimate of drug-likeness (QED) is 0.908. The number of ether oxygens (including phenoxy) is 2. The van der Waals surface area contributed by atoms with Gasteiger partial charge in [0.2, 0.25) is 0 Å². The summed E-state index contributed by atoms with van der Waals surface area (Å²) in [6, 6.07) is 12.3. The van der Waals surface area contributed by atoms with Gasteiger partial charge in [-0.05, 0) is 17.7 Å². The molecule has 2 aromatic carbocycles. The van der Waals surface area contributed by atoms with Gasteiger partial charge >= 0.3 is 0 Å². The van der Waals surface area contributed by atoms with Crippen molar-refractivity contribution in [1.82, 2.24) is 0 Å². The summed E-state index contributed by atoms with van der Waals surface area (Å²) in [5, 5.41) is 21.0. The van der Waals surface area contributed by atoms with Gasteiger partial charge in [-0.25, -0.2) is 0 Å². The van der Waals surface area contributed by atoms with Gasteiger partial charge in [-0.15, -0.1) is 0 Å². The summed E-state index contributed by atoms with van der Waals surface area (Å²) in [5.41, 5.74) is 1.50. The van der Waals surface area contributed by atoms with Crippen molar-refractivity contribution in [2.24, 2.45) is 5.41 Å². The summed E-state index contributed by atoms with van der Waals surface area (Å²) < 4.78 is 11.5. The number of aliphatic hydroxyl groups is 2. The summed E-state index contributed by atoms with van der Waals surface area (Å²) in [6.07, 6.45) is -0.456. The SMILES string of the molecule is Cc1ccc2c(C3OCC(CO)(CO)CO3)cccc2c1. The van der Waals surface area contributed by atoms with Crippen molar-refractivity contribution < 1.29 is 19.7 Å². The van der Waals surface area contributed by atoms with E-state index in [0.29, 0.717) is 0 Å². The Morgan fingerprint density at radius 3 is 2.48 bits per heavy atom. The fraction of sp³-hybridized carbons (Fsp3) is 0.412. The normalized spacial score (nSPS) is 19.0. The molecule has 1 aliphatic rings. The second-order valence-electron chi connectivity index (χ2n) is 5.84. The van der Waals surface area contributed by atoms with Crippen molar-refractivity contribution in [3.05, 3.63) is 47.5 Å². The summed E-state index contributed by atoms with van der Waals surface area (Å²) in [7, 11) is 0. The van der Waals surface area contributed by atoms with Gasteiger partial charge in [0, 0.05) is 5.56 Å². The van der Waals surface area contributed by atoms with Crippen molar-refractivity contribution in [2.45, 2.75) is 13.2 Å². The molecule has 1 heterocycles. The first kappa shape index (κ1) is 14.5. The zero-order valence-electron chi connectivity index (χ0n) is 12.1. The lowest BCUT2D eigenvalue weighted by atomic mass is 9.91. The Morgan fingerprint density at radius 1 is 1.10 bits per heavy atom. The van der Waals surface area contributed by atoms with E-state index in [1.54, 1.807) is 0 Å². The van der Waals surface area contributed by atoms with Crippen molar-refractivity contribution in [3.8, 4) is 0 Å². The van der Waals surface area contributed by atoms with Crippen LogP contribution in [-0.4, -0.2) is 36.6 Å². The van der Waals surface area contributed by atoms with E-state index < -0.39 is 11.7 Å². The molecular formula is C17H20O4. The Balaban J connectivity index is 1.89. The Kier molecular flexibility index (Phi) is 3.95. The van der Waals surface area contributed by atoms with E-state index in [0.717, 1.165) is 16.3 Å². The van der Waals surface area contributed by atoms with Gasteiger partial charge in [-0.3, -0.25) is 0 Å². The molecule has 1 fully saturated rings. The summed E-state index contributed by atoms with van der Waals surface area (Å²) in [5.74, 6) is 0. The van der Waals surface area contributed by atoms with Crippen molar-refractivity contribution >= 4 is 10.8 Å². The summed E-state index contributed by atoms with van der Waals surface area (Å²) in [4.78, 5) is 0. The van der Waals surface area contributed by atoms with Crippen molar-refractivity contribution in [1.29, 1.82) is 0 Å². The lowest BCUT2D eigenvalue weighted by molar-refractivity contribution is -0.247. The van der Waals surface area contributed by atoms with E-state index in [4.69, 9.17) is 9.47 Å². The number of rotatable bonds is 3. The highest BCUT2D eigenvalue weighted by atomic mass is 16.7. The molecule has 2 N–H and O–H groups in total. The number of hydrogen-bond donors (Lipinski definition) is 2. The van der Waals surface area contributed by atoms with E-state index in [1.807, 2.05) is 12.1 Å². The van der Waals surface area contributed by atoms with Crippen LogP contribution in [0.2, 0.25) is 0 Å². The highest BCUT2D eigenvalue weighted by molar-refractivity contribution is 5.86. The van der Waals surface area contributed by atoms with Gasteiger partial charge in [-0.1, -0.05) is 42.0 Å². The third kappa shape index (κ3) is 2.68. The predicted molar refractivity (Wildman–Crippen MR) is 79.9 cm³/mol. The third-order valence-corrected chi connectivity index (χ3v) is 4.08. The zero-order valence-corrected chi connectivity index (χ0v) is 12.1. The molecule has 2 aromatic rings. The van der Waals surface area contributed by atoms with Crippen molar-refractivity contribution in [2.75, 3.05) is 26.4 Å². The summed E-state index contributed by atoms with van der Waals surface area (Å²) >= 11 is 0. The molecule has 4 heteroatoms. The molecule has 0 atom stereocenters. The Labute approximate surface area is 123 Å². The van der Waals surface area contributed by atoms with Gasteiger partial charge in [0.15, 0.2) is 6.29 Å². The molecule has 3 rings (SSSR count). The smallest absolute Gasteiger partial charge is 0.184 e.